The number of nitrogens with one attached hydrogen (secondary N) is 1. The minimum absolute atomic E-state index is 0.0649. The van der Waals surface area contributed by atoms with Crippen LogP contribution in [0.1, 0.15) is 47.8 Å². The van der Waals surface area contributed by atoms with E-state index < -0.39 is 0 Å². The van der Waals surface area contributed by atoms with Gasteiger partial charge in [-0.25, -0.2) is 9.97 Å². The average Bonchev–Trinajstić information content (AvgIpc) is 3.15. The minimum atomic E-state index is -0.325. The van der Waals surface area contributed by atoms with Gasteiger partial charge in [-0.15, -0.1) is 0 Å². The Balaban J connectivity index is 1.56. The summed E-state index contributed by atoms with van der Waals surface area (Å²) in [5.41, 5.74) is 12.2. The first-order valence-electron chi connectivity index (χ1n) is 11.8. The molecule has 0 radical (unpaired) electrons. The third kappa shape index (κ3) is 4.55. The lowest BCUT2D eigenvalue weighted by atomic mass is 9.87. The highest BCUT2D eigenvalue weighted by molar-refractivity contribution is 6.10. The van der Waals surface area contributed by atoms with Crippen LogP contribution in [0.4, 0.5) is 5.82 Å². The minimum Gasteiger partial charge on any atom is -0.383 e. The van der Waals surface area contributed by atoms with Gasteiger partial charge in [0, 0.05) is 6.54 Å². The molecule has 0 fully saturated rings. The summed E-state index contributed by atoms with van der Waals surface area (Å²) in [4.78, 5) is 22.8. The van der Waals surface area contributed by atoms with E-state index in [0.29, 0.717) is 28.7 Å². The van der Waals surface area contributed by atoms with E-state index >= 15 is 0 Å². The summed E-state index contributed by atoms with van der Waals surface area (Å²) in [5.74, 6) is -0.136. The third-order valence-corrected chi connectivity index (χ3v) is 6.10. The number of nitrogens with two attached hydrogens (primary N) is 1. The van der Waals surface area contributed by atoms with Crippen molar-refractivity contribution in [2.24, 2.45) is 5.10 Å². The maximum Gasteiger partial charge on any atom is 0.257 e. The molecule has 0 saturated carbocycles. The van der Waals surface area contributed by atoms with E-state index in [4.69, 9.17) is 15.7 Å². The van der Waals surface area contributed by atoms with Crippen LogP contribution in [-0.4, -0.2) is 26.8 Å². The third-order valence-electron chi connectivity index (χ3n) is 6.10. The Labute approximate surface area is 209 Å². The number of nitrogen functional groups attached to an aromatic ring is 1. The van der Waals surface area contributed by atoms with Gasteiger partial charge in [-0.05, 0) is 34.2 Å². The standard InChI is InChI=1S/C29H28N6O/c1-29(2,3)21-15-13-20(14-16-21)18-32-35-26(30)24(28(36)31-17-19-9-5-4-6-10-19)25-27(35)34-23-12-8-7-11-22(23)33-25/h4-16,18H,17,30H2,1-3H3,(H,31,36)/b32-18+. The Morgan fingerprint density at radius 1 is 0.944 bits per heavy atom. The van der Waals surface area contributed by atoms with Crippen molar-refractivity contribution in [2.75, 3.05) is 5.73 Å². The number of rotatable bonds is 5. The van der Waals surface area contributed by atoms with E-state index in [-0.39, 0.29) is 22.7 Å². The molecule has 3 N–H and O–H groups in total. The molecule has 180 valence electrons. The van der Waals surface area contributed by atoms with E-state index in [0.717, 1.165) is 11.1 Å². The van der Waals surface area contributed by atoms with Crippen LogP contribution in [0.5, 0.6) is 0 Å². The van der Waals surface area contributed by atoms with Gasteiger partial charge in [0.2, 0.25) is 0 Å². The number of hydrogen-bond acceptors (Lipinski definition) is 5. The number of carbonyl (C=O) groups excluding carboxylic acids is 1. The predicted molar refractivity (Wildman–Crippen MR) is 145 cm³/mol. The molecule has 36 heavy (non-hydrogen) atoms. The molecule has 0 unspecified atom stereocenters. The Morgan fingerprint density at radius 2 is 1.58 bits per heavy atom. The molecule has 7 nitrogen and oxygen atoms in total. The molecule has 0 saturated heterocycles. The van der Waals surface area contributed by atoms with Crippen molar-refractivity contribution in [3.63, 3.8) is 0 Å². The van der Waals surface area contributed by atoms with E-state index in [1.807, 2.05) is 66.7 Å². The highest BCUT2D eigenvalue weighted by atomic mass is 16.1. The fraction of sp³-hybridized carbons (Fsp3) is 0.172. The Morgan fingerprint density at radius 3 is 2.25 bits per heavy atom. The molecule has 5 aromatic rings. The summed E-state index contributed by atoms with van der Waals surface area (Å²) in [7, 11) is 0. The molecule has 0 spiro atoms. The largest absolute Gasteiger partial charge is 0.383 e. The molecule has 0 aliphatic rings. The Bertz CT molecular complexity index is 1580. The van der Waals surface area contributed by atoms with Crippen molar-refractivity contribution in [1.82, 2.24) is 20.0 Å². The topological polar surface area (TPSA) is 98.2 Å². The summed E-state index contributed by atoms with van der Waals surface area (Å²) < 4.78 is 1.49. The molecule has 0 atom stereocenters. The van der Waals surface area contributed by atoms with Crippen LogP contribution in [-0.2, 0) is 12.0 Å². The molecule has 2 heterocycles. The van der Waals surface area contributed by atoms with Crippen LogP contribution in [0.2, 0.25) is 0 Å². The first-order valence-corrected chi connectivity index (χ1v) is 11.8. The molecule has 2 aromatic heterocycles. The fourth-order valence-corrected chi connectivity index (χ4v) is 4.05. The second-order valence-electron chi connectivity index (χ2n) is 9.74. The van der Waals surface area contributed by atoms with Gasteiger partial charge in [-0.2, -0.15) is 9.78 Å². The number of hydrogen-bond donors (Lipinski definition) is 2. The maximum absolute atomic E-state index is 13.3. The average molecular weight is 477 g/mol. The van der Waals surface area contributed by atoms with Crippen LogP contribution in [0.15, 0.2) is 84.0 Å². The zero-order valence-electron chi connectivity index (χ0n) is 20.6. The van der Waals surface area contributed by atoms with Gasteiger partial charge >= 0.3 is 0 Å². The summed E-state index contributed by atoms with van der Waals surface area (Å²) >= 11 is 0. The van der Waals surface area contributed by atoms with Crippen LogP contribution in [0.3, 0.4) is 0 Å². The lowest BCUT2D eigenvalue weighted by Crippen LogP contribution is -2.23. The van der Waals surface area contributed by atoms with E-state index in [2.05, 4.69) is 43.3 Å². The number of nitrogens with zero attached hydrogens (tertiary/aromatic N) is 4. The summed E-state index contributed by atoms with van der Waals surface area (Å²) in [6.07, 6.45) is 1.71. The first-order chi connectivity index (χ1) is 17.3. The van der Waals surface area contributed by atoms with Crippen LogP contribution >= 0.6 is 0 Å². The molecule has 1 amide bonds. The van der Waals surface area contributed by atoms with Gasteiger partial charge in [0.25, 0.3) is 5.91 Å². The van der Waals surface area contributed by atoms with E-state index in [9.17, 15) is 4.79 Å². The van der Waals surface area contributed by atoms with Gasteiger partial charge in [0.1, 0.15) is 16.9 Å². The van der Waals surface area contributed by atoms with Crippen LogP contribution in [0.25, 0.3) is 22.2 Å². The van der Waals surface area contributed by atoms with Gasteiger partial charge < -0.3 is 11.1 Å². The molecular formula is C29H28N6O. The molecule has 7 heteroatoms. The van der Waals surface area contributed by atoms with E-state index in [1.165, 1.54) is 10.2 Å². The predicted octanol–water partition coefficient (Wildman–Crippen LogP) is 5.28. The Kier molecular flexibility index (Phi) is 5.98. The van der Waals surface area contributed by atoms with E-state index in [1.54, 1.807) is 6.21 Å². The molecule has 0 aliphatic heterocycles. The second-order valence-corrected chi connectivity index (χ2v) is 9.74. The van der Waals surface area contributed by atoms with Crippen molar-refractivity contribution in [2.45, 2.75) is 32.7 Å². The number of aromatic nitrogens is 3. The number of para-hydroxylation sites is 2. The van der Waals surface area contributed by atoms with Gasteiger partial charge in [0.05, 0.1) is 17.2 Å². The first kappa shape index (κ1) is 23.2. The molecular weight excluding hydrogens is 448 g/mol. The van der Waals surface area contributed by atoms with Gasteiger partial charge in [0.15, 0.2) is 5.65 Å². The molecule has 5 rings (SSSR count). The normalized spacial score (nSPS) is 12.0. The lowest BCUT2D eigenvalue weighted by Gasteiger charge is -2.18. The zero-order chi connectivity index (χ0) is 25.3. The van der Waals surface area contributed by atoms with Gasteiger partial charge in [-0.1, -0.05) is 87.5 Å². The molecule has 3 aromatic carbocycles. The summed E-state index contributed by atoms with van der Waals surface area (Å²) in [5, 5.41) is 7.56. The molecule has 0 bridgehead atoms. The van der Waals surface area contributed by atoms with Crippen LogP contribution in [0, 0.1) is 0 Å². The lowest BCUT2D eigenvalue weighted by molar-refractivity contribution is 0.0953. The monoisotopic (exact) mass is 476 g/mol. The van der Waals surface area contributed by atoms with Crippen molar-refractivity contribution in [3.05, 3.63) is 101 Å². The number of benzene rings is 3. The van der Waals surface area contributed by atoms with Crippen molar-refractivity contribution in [3.8, 4) is 0 Å². The maximum atomic E-state index is 13.3. The van der Waals surface area contributed by atoms with Crippen molar-refractivity contribution < 1.29 is 4.79 Å². The number of carbonyl (C=O) groups is 1. The van der Waals surface area contributed by atoms with Crippen LogP contribution < -0.4 is 11.1 Å². The Hall–Kier alpha value is -4.52. The van der Waals surface area contributed by atoms with Crippen molar-refractivity contribution in [1.29, 1.82) is 0 Å². The summed E-state index contributed by atoms with van der Waals surface area (Å²) in [6.45, 7) is 6.90. The fourth-order valence-electron chi connectivity index (χ4n) is 4.05. The van der Waals surface area contributed by atoms with Gasteiger partial charge in [-0.3, -0.25) is 4.79 Å². The zero-order valence-corrected chi connectivity index (χ0v) is 20.6. The number of amides is 1. The summed E-state index contributed by atoms with van der Waals surface area (Å²) in [6, 6.07) is 25.4. The number of fused-ring (bicyclic) bond motifs is 2. The SMILES string of the molecule is CC(C)(C)c1ccc(/C=N/n2c(N)c(C(=O)NCc3ccccc3)c3nc4ccccc4nc32)cc1. The second kappa shape index (κ2) is 9.26. The molecule has 0 aliphatic carbocycles. The van der Waals surface area contributed by atoms with Crippen molar-refractivity contribution >= 4 is 40.1 Å². The quantitative estimate of drug-likeness (QED) is 0.337. The highest BCUT2D eigenvalue weighted by Gasteiger charge is 2.24. The smallest absolute Gasteiger partial charge is 0.257 e. The number of anilines is 1. The highest BCUT2D eigenvalue weighted by Crippen LogP contribution is 2.28.